The van der Waals surface area contributed by atoms with Crippen molar-refractivity contribution < 1.29 is 9.53 Å². The van der Waals surface area contributed by atoms with Crippen LogP contribution in [0.2, 0.25) is 0 Å². The Morgan fingerprint density at radius 1 is 1.17 bits per heavy atom. The minimum Gasteiger partial charge on any atom is -0.438 e. The van der Waals surface area contributed by atoms with Crippen molar-refractivity contribution in [3.8, 4) is 17.7 Å². The second-order valence-electron chi connectivity index (χ2n) is 6.86. The molecule has 0 spiro atoms. The highest BCUT2D eigenvalue weighted by Crippen LogP contribution is 2.32. The number of nitrogens with zero attached hydrogens (tertiary/aromatic N) is 2. The van der Waals surface area contributed by atoms with E-state index in [2.05, 4.69) is 28.5 Å². The molecule has 30 heavy (non-hydrogen) atoms. The van der Waals surface area contributed by atoms with Gasteiger partial charge < -0.3 is 21.5 Å². The van der Waals surface area contributed by atoms with Crippen LogP contribution in [0.25, 0.3) is 6.08 Å². The van der Waals surface area contributed by atoms with Crippen molar-refractivity contribution in [1.82, 2.24) is 4.98 Å². The number of nitrogens with two attached hydrogens (primary N) is 2. The average molecular weight is 397 g/mol. The van der Waals surface area contributed by atoms with Crippen molar-refractivity contribution in [2.75, 3.05) is 11.1 Å². The lowest BCUT2D eigenvalue weighted by Gasteiger charge is -2.14. The topological polar surface area (TPSA) is 127 Å². The number of anilines is 3. The SMILES string of the molecule is N#Cc1c(N)cc(Nc2ccc(C(N)=O)cc2)nc1Oc1ccc2c(c1)CCC=C2. The molecule has 0 radical (unpaired) electrons. The van der Waals surface area contributed by atoms with Gasteiger partial charge in [-0.2, -0.15) is 10.2 Å². The van der Waals surface area contributed by atoms with Gasteiger partial charge in [-0.3, -0.25) is 4.79 Å². The van der Waals surface area contributed by atoms with E-state index in [1.54, 1.807) is 30.3 Å². The maximum absolute atomic E-state index is 11.2. The van der Waals surface area contributed by atoms with Crippen LogP contribution in [0.15, 0.2) is 54.6 Å². The van der Waals surface area contributed by atoms with Crippen LogP contribution >= 0.6 is 0 Å². The maximum Gasteiger partial charge on any atom is 0.248 e. The van der Waals surface area contributed by atoms with E-state index in [1.165, 1.54) is 5.56 Å². The summed E-state index contributed by atoms with van der Waals surface area (Å²) in [5.41, 5.74) is 15.2. The fourth-order valence-electron chi connectivity index (χ4n) is 3.24. The molecule has 7 nitrogen and oxygen atoms in total. The van der Waals surface area contributed by atoms with Crippen LogP contribution < -0.4 is 21.5 Å². The number of hydrogen-bond acceptors (Lipinski definition) is 6. The van der Waals surface area contributed by atoms with Gasteiger partial charge in [-0.1, -0.05) is 18.2 Å². The van der Waals surface area contributed by atoms with E-state index in [1.807, 2.05) is 18.2 Å². The summed E-state index contributed by atoms with van der Waals surface area (Å²) >= 11 is 0. The van der Waals surface area contributed by atoms with Gasteiger partial charge in [0.05, 0.1) is 5.69 Å². The summed E-state index contributed by atoms with van der Waals surface area (Å²) in [5.74, 6) is 0.628. The van der Waals surface area contributed by atoms with Gasteiger partial charge in [0.1, 0.15) is 23.2 Å². The number of benzene rings is 2. The first-order valence-corrected chi connectivity index (χ1v) is 9.38. The molecule has 148 valence electrons. The Labute approximate surface area is 173 Å². The molecule has 7 heteroatoms. The predicted molar refractivity (Wildman–Crippen MR) is 115 cm³/mol. The number of nitrogens with one attached hydrogen (secondary N) is 1. The lowest BCUT2D eigenvalue weighted by molar-refractivity contribution is 0.100. The van der Waals surface area contributed by atoms with Gasteiger partial charge in [0, 0.05) is 17.3 Å². The quantitative estimate of drug-likeness (QED) is 0.594. The number of nitriles is 1. The molecule has 2 aromatic carbocycles. The molecule has 0 bridgehead atoms. The van der Waals surface area contributed by atoms with Gasteiger partial charge in [-0.15, -0.1) is 0 Å². The summed E-state index contributed by atoms with van der Waals surface area (Å²) in [4.78, 5) is 15.6. The molecule has 1 heterocycles. The van der Waals surface area contributed by atoms with Crippen LogP contribution in [0.5, 0.6) is 11.6 Å². The van der Waals surface area contributed by atoms with Crippen LogP contribution in [-0.4, -0.2) is 10.9 Å². The van der Waals surface area contributed by atoms with Gasteiger partial charge in [0.2, 0.25) is 11.8 Å². The highest BCUT2D eigenvalue weighted by Gasteiger charge is 2.15. The predicted octanol–water partition coefficient (Wildman–Crippen LogP) is 4.13. The summed E-state index contributed by atoms with van der Waals surface area (Å²) in [5, 5.41) is 12.6. The Balaban J connectivity index is 1.63. The smallest absolute Gasteiger partial charge is 0.248 e. The summed E-state index contributed by atoms with van der Waals surface area (Å²) in [6.45, 7) is 0. The van der Waals surface area contributed by atoms with Gasteiger partial charge in [0.25, 0.3) is 0 Å². The van der Waals surface area contributed by atoms with E-state index in [4.69, 9.17) is 16.2 Å². The van der Waals surface area contributed by atoms with Crippen LogP contribution in [0.3, 0.4) is 0 Å². The lowest BCUT2D eigenvalue weighted by atomic mass is 9.97. The van der Waals surface area contributed by atoms with Crippen LogP contribution in [0.4, 0.5) is 17.2 Å². The number of nitrogen functional groups attached to an aromatic ring is 1. The fourth-order valence-corrected chi connectivity index (χ4v) is 3.24. The first kappa shape index (κ1) is 19.0. The summed E-state index contributed by atoms with van der Waals surface area (Å²) in [6.07, 6.45) is 6.16. The Morgan fingerprint density at radius 3 is 2.70 bits per heavy atom. The normalized spacial score (nSPS) is 12.0. The Morgan fingerprint density at radius 2 is 1.97 bits per heavy atom. The third kappa shape index (κ3) is 3.93. The minimum atomic E-state index is -0.501. The molecule has 0 fully saturated rings. The number of allylic oxidation sites excluding steroid dienone is 1. The molecule has 0 unspecified atom stereocenters. The molecule has 1 aliphatic rings. The zero-order valence-electron chi connectivity index (χ0n) is 16.1. The van der Waals surface area contributed by atoms with Crippen molar-refractivity contribution in [3.63, 3.8) is 0 Å². The monoisotopic (exact) mass is 397 g/mol. The van der Waals surface area contributed by atoms with E-state index in [0.717, 1.165) is 18.4 Å². The molecule has 1 aliphatic carbocycles. The summed E-state index contributed by atoms with van der Waals surface area (Å²) in [7, 11) is 0. The number of rotatable bonds is 5. The van der Waals surface area contributed by atoms with Crippen LogP contribution in [0, 0.1) is 11.3 Å². The fraction of sp³-hybridized carbons (Fsp3) is 0.0870. The largest absolute Gasteiger partial charge is 0.438 e. The van der Waals surface area contributed by atoms with Gasteiger partial charge in [-0.25, -0.2) is 0 Å². The number of aromatic nitrogens is 1. The molecular weight excluding hydrogens is 378 g/mol. The van der Waals surface area contributed by atoms with Crippen molar-refractivity contribution in [1.29, 1.82) is 5.26 Å². The standard InChI is InChI=1S/C23H19N5O2/c24-13-19-20(25)12-21(27-17-8-5-15(6-9-17)22(26)29)28-23(19)30-18-10-7-14-3-1-2-4-16(14)11-18/h1,3,5-12H,2,4H2,(H2,26,29)(H3,25,27,28). The van der Waals surface area contributed by atoms with Crippen molar-refractivity contribution in [2.24, 2.45) is 5.73 Å². The van der Waals surface area contributed by atoms with Gasteiger partial charge >= 0.3 is 0 Å². The molecule has 5 N–H and O–H groups in total. The van der Waals surface area contributed by atoms with Crippen molar-refractivity contribution in [2.45, 2.75) is 12.8 Å². The lowest BCUT2D eigenvalue weighted by Crippen LogP contribution is -2.10. The number of aryl methyl sites for hydroxylation is 1. The third-order valence-corrected chi connectivity index (χ3v) is 4.78. The number of amides is 1. The third-order valence-electron chi connectivity index (χ3n) is 4.78. The number of hydrogen-bond donors (Lipinski definition) is 3. The highest BCUT2D eigenvalue weighted by molar-refractivity contribution is 5.93. The Bertz CT molecular complexity index is 1190. The number of ether oxygens (including phenoxy) is 1. The number of pyridine rings is 1. The zero-order valence-corrected chi connectivity index (χ0v) is 16.1. The number of primary amides is 1. The van der Waals surface area contributed by atoms with Gasteiger partial charge in [-0.05, 0) is 60.4 Å². The van der Waals surface area contributed by atoms with E-state index in [-0.39, 0.29) is 17.1 Å². The molecule has 0 saturated heterocycles. The molecule has 0 aliphatic heterocycles. The second kappa shape index (κ2) is 7.97. The van der Waals surface area contributed by atoms with E-state index in [0.29, 0.717) is 22.8 Å². The first-order valence-electron chi connectivity index (χ1n) is 9.38. The molecule has 1 amide bonds. The van der Waals surface area contributed by atoms with Gasteiger partial charge in [0.15, 0.2) is 0 Å². The molecule has 3 aromatic rings. The zero-order chi connectivity index (χ0) is 21.1. The highest BCUT2D eigenvalue weighted by atomic mass is 16.5. The number of carbonyl (C=O) groups is 1. The van der Waals surface area contributed by atoms with Crippen molar-refractivity contribution >= 4 is 29.2 Å². The van der Waals surface area contributed by atoms with Crippen LogP contribution in [-0.2, 0) is 6.42 Å². The molecule has 0 saturated carbocycles. The first-order chi connectivity index (χ1) is 14.5. The molecule has 1 aromatic heterocycles. The Kier molecular flexibility index (Phi) is 5.06. The molecular formula is C23H19N5O2. The van der Waals surface area contributed by atoms with E-state index >= 15 is 0 Å². The van der Waals surface area contributed by atoms with E-state index < -0.39 is 5.91 Å². The molecule has 0 atom stereocenters. The average Bonchev–Trinajstić information content (AvgIpc) is 2.74. The molecule has 4 rings (SSSR count). The Hall–Kier alpha value is -4.31. The summed E-state index contributed by atoms with van der Waals surface area (Å²) < 4.78 is 5.94. The van der Waals surface area contributed by atoms with Crippen LogP contribution in [0.1, 0.15) is 33.5 Å². The number of carbonyl (C=O) groups excluding carboxylic acids is 1. The van der Waals surface area contributed by atoms with Crippen molar-refractivity contribution in [3.05, 3.63) is 76.9 Å². The maximum atomic E-state index is 11.2. The number of fused-ring (bicyclic) bond motifs is 1. The second-order valence-corrected chi connectivity index (χ2v) is 6.86. The summed E-state index contributed by atoms with van der Waals surface area (Å²) in [6, 6.07) is 16.0. The minimum absolute atomic E-state index is 0.125. The van der Waals surface area contributed by atoms with E-state index in [9.17, 15) is 10.1 Å².